The normalized spacial score (nSPS) is 20.1. The van der Waals surface area contributed by atoms with Crippen LogP contribution in [0.25, 0.3) is 0 Å². The molecule has 0 spiro atoms. The van der Waals surface area contributed by atoms with E-state index < -0.39 is 0 Å². The summed E-state index contributed by atoms with van der Waals surface area (Å²) >= 11 is 0. The number of hydrogen-bond acceptors (Lipinski definition) is 1. The Hall–Kier alpha value is -1.51. The lowest BCUT2D eigenvalue weighted by molar-refractivity contribution is 0.169. The summed E-state index contributed by atoms with van der Waals surface area (Å²) < 4.78 is 0. The van der Waals surface area contributed by atoms with Crippen LogP contribution in [0.1, 0.15) is 25.3 Å². The zero-order valence-corrected chi connectivity index (χ0v) is 10.4. The number of amides is 2. The first-order valence-corrected chi connectivity index (χ1v) is 6.32. The molecule has 0 aliphatic carbocycles. The number of rotatable bonds is 2. The van der Waals surface area contributed by atoms with Gasteiger partial charge in [0.05, 0.1) is 0 Å². The molecule has 1 fully saturated rings. The van der Waals surface area contributed by atoms with Gasteiger partial charge in [-0.3, -0.25) is 0 Å². The third kappa shape index (κ3) is 3.48. The van der Waals surface area contributed by atoms with Crippen LogP contribution in [0.15, 0.2) is 30.3 Å². The van der Waals surface area contributed by atoms with Crippen molar-refractivity contribution >= 4 is 6.03 Å². The van der Waals surface area contributed by atoms with Gasteiger partial charge in [0.25, 0.3) is 0 Å². The number of hydrogen-bond donors (Lipinski definition) is 1. The third-order valence-corrected chi connectivity index (χ3v) is 3.23. The summed E-state index contributed by atoms with van der Waals surface area (Å²) in [5.74, 6) is 0.631. The predicted octanol–water partition coefficient (Wildman–Crippen LogP) is 2.63. The quantitative estimate of drug-likeness (QED) is 0.835. The van der Waals surface area contributed by atoms with Gasteiger partial charge in [0.1, 0.15) is 0 Å². The third-order valence-electron chi connectivity index (χ3n) is 3.23. The molecule has 1 N–H and O–H groups in total. The van der Waals surface area contributed by atoms with Crippen LogP contribution in [-0.4, -0.2) is 24.0 Å². The minimum absolute atomic E-state index is 0.0698. The van der Waals surface area contributed by atoms with Gasteiger partial charge in [-0.15, -0.1) is 0 Å². The zero-order chi connectivity index (χ0) is 12.1. The fourth-order valence-electron chi connectivity index (χ4n) is 2.26. The second-order valence-corrected chi connectivity index (χ2v) is 4.84. The van der Waals surface area contributed by atoms with Crippen molar-refractivity contribution in [1.29, 1.82) is 0 Å². The Morgan fingerprint density at radius 2 is 2.18 bits per heavy atom. The van der Waals surface area contributed by atoms with E-state index >= 15 is 0 Å². The summed E-state index contributed by atoms with van der Waals surface area (Å²) in [6.07, 6.45) is 2.36. The van der Waals surface area contributed by atoms with Crippen LogP contribution in [-0.2, 0) is 6.54 Å². The highest BCUT2D eigenvalue weighted by atomic mass is 16.2. The minimum Gasteiger partial charge on any atom is -0.334 e. The van der Waals surface area contributed by atoms with E-state index in [-0.39, 0.29) is 6.03 Å². The lowest BCUT2D eigenvalue weighted by atomic mass is 10.0. The van der Waals surface area contributed by atoms with Gasteiger partial charge in [-0.05, 0) is 24.3 Å². The number of likely N-dealkylation sites (tertiary alicyclic amines) is 1. The summed E-state index contributed by atoms with van der Waals surface area (Å²) in [5, 5.41) is 2.98. The Bertz CT molecular complexity index is 364. The molecule has 1 aromatic carbocycles. The number of carbonyl (C=O) groups is 1. The van der Waals surface area contributed by atoms with E-state index in [2.05, 4.69) is 12.2 Å². The number of nitrogens with one attached hydrogen (secondary N) is 1. The van der Waals surface area contributed by atoms with Crippen molar-refractivity contribution in [2.45, 2.75) is 26.3 Å². The van der Waals surface area contributed by atoms with Gasteiger partial charge in [0, 0.05) is 19.6 Å². The molecule has 1 aliphatic heterocycles. The van der Waals surface area contributed by atoms with E-state index in [9.17, 15) is 4.79 Å². The maximum absolute atomic E-state index is 11.9. The second-order valence-electron chi connectivity index (χ2n) is 4.84. The first kappa shape index (κ1) is 12.0. The summed E-state index contributed by atoms with van der Waals surface area (Å²) in [4.78, 5) is 13.9. The van der Waals surface area contributed by atoms with Crippen molar-refractivity contribution < 1.29 is 4.79 Å². The molecular weight excluding hydrogens is 212 g/mol. The van der Waals surface area contributed by atoms with E-state index in [1.807, 2.05) is 35.2 Å². The van der Waals surface area contributed by atoms with Crippen LogP contribution in [0.5, 0.6) is 0 Å². The molecule has 0 radical (unpaired) electrons. The molecule has 1 aromatic rings. The van der Waals surface area contributed by atoms with Crippen LogP contribution in [0, 0.1) is 5.92 Å². The number of urea groups is 1. The van der Waals surface area contributed by atoms with Gasteiger partial charge in [0.15, 0.2) is 0 Å². The van der Waals surface area contributed by atoms with Gasteiger partial charge in [0.2, 0.25) is 0 Å². The molecule has 1 aliphatic rings. The molecule has 3 nitrogen and oxygen atoms in total. The average molecular weight is 232 g/mol. The van der Waals surface area contributed by atoms with E-state index in [0.717, 1.165) is 25.1 Å². The van der Waals surface area contributed by atoms with Crippen molar-refractivity contribution in [3.63, 3.8) is 0 Å². The molecule has 3 heteroatoms. The molecule has 0 saturated carbocycles. The molecule has 0 aromatic heterocycles. The molecule has 17 heavy (non-hydrogen) atoms. The van der Waals surface area contributed by atoms with Crippen molar-refractivity contribution in [3.05, 3.63) is 35.9 Å². The summed E-state index contributed by atoms with van der Waals surface area (Å²) in [6, 6.07) is 10.1. The fourth-order valence-corrected chi connectivity index (χ4v) is 2.26. The van der Waals surface area contributed by atoms with Gasteiger partial charge >= 0.3 is 6.03 Å². The first-order chi connectivity index (χ1) is 8.25. The van der Waals surface area contributed by atoms with Crippen molar-refractivity contribution in [2.24, 2.45) is 5.92 Å². The van der Waals surface area contributed by atoms with Gasteiger partial charge in [-0.2, -0.15) is 0 Å². The standard InChI is InChI=1S/C14H20N2O/c1-12-6-5-9-16(11-12)14(17)15-10-13-7-3-2-4-8-13/h2-4,7-8,12H,5-6,9-11H2,1H3,(H,15,17). The fraction of sp³-hybridized carbons (Fsp3) is 0.500. The molecule has 1 saturated heterocycles. The Labute approximate surface area is 103 Å². The van der Waals surface area contributed by atoms with E-state index in [1.165, 1.54) is 6.42 Å². The Balaban J connectivity index is 1.81. The molecule has 2 amide bonds. The molecule has 1 atom stereocenters. The molecule has 92 valence electrons. The van der Waals surface area contributed by atoms with Gasteiger partial charge in [-0.25, -0.2) is 4.79 Å². The smallest absolute Gasteiger partial charge is 0.317 e. The second kappa shape index (κ2) is 5.71. The lowest BCUT2D eigenvalue weighted by Gasteiger charge is -2.30. The SMILES string of the molecule is CC1CCCN(C(=O)NCc2ccccc2)C1. The van der Waals surface area contributed by atoms with Crippen LogP contribution in [0.4, 0.5) is 4.79 Å². The summed E-state index contributed by atoms with van der Waals surface area (Å²) in [5.41, 5.74) is 1.14. The van der Waals surface area contributed by atoms with Gasteiger partial charge in [-0.1, -0.05) is 37.3 Å². The zero-order valence-electron chi connectivity index (χ0n) is 10.4. The van der Waals surface area contributed by atoms with Crippen LogP contribution < -0.4 is 5.32 Å². The predicted molar refractivity (Wildman–Crippen MR) is 68.6 cm³/mol. The van der Waals surface area contributed by atoms with Crippen LogP contribution >= 0.6 is 0 Å². The number of benzene rings is 1. The van der Waals surface area contributed by atoms with Crippen molar-refractivity contribution in [3.8, 4) is 0 Å². The van der Waals surface area contributed by atoms with Crippen LogP contribution in [0.3, 0.4) is 0 Å². The highest BCUT2D eigenvalue weighted by Crippen LogP contribution is 2.15. The van der Waals surface area contributed by atoms with E-state index in [4.69, 9.17) is 0 Å². The highest BCUT2D eigenvalue weighted by molar-refractivity contribution is 5.74. The Morgan fingerprint density at radius 3 is 2.88 bits per heavy atom. The lowest BCUT2D eigenvalue weighted by Crippen LogP contribution is -2.44. The Kier molecular flexibility index (Phi) is 4.02. The minimum atomic E-state index is 0.0698. The monoisotopic (exact) mass is 232 g/mol. The maximum Gasteiger partial charge on any atom is 0.317 e. The molecule has 0 bridgehead atoms. The average Bonchev–Trinajstić information content (AvgIpc) is 2.37. The van der Waals surface area contributed by atoms with Crippen LogP contribution in [0.2, 0.25) is 0 Å². The number of carbonyl (C=O) groups excluding carboxylic acids is 1. The molecule has 1 heterocycles. The van der Waals surface area contributed by atoms with E-state index in [0.29, 0.717) is 12.5 Å². The van der Waals surface area contributed by atoms with Gasteiger partial charge < -0.3 is 10.2 Å². The maximum atomic E-state index is 11.9. The summed E-state index contributed by atoms with van der Waals surface area (Å²) in [7, 11) is 0. The highest BCUT2D eigenvalue weighted by Gasteiger charge is 2.20. The largest absolute Gasteiger partial charge is 0.334 e. The Morgan fingerprint density at radius 1 is 1.41 bits per heavy atom. The molecule has 1 unspecified atom stereocenters. The number of nitrogens with zero attached hydrogens (tertiary/aromatic N) is 1. The topological polar surface area (TPSA) is 32.3 Å². The molecular formula is C14H20N2O. The number of piperidine rings is 1. The van der Waals surface area contributed by atoms with Crippen molar-refractivity contribution in [1.82, 2.24) is 10.2 Å². The van der Waals surface area contributed by atoms with E-state index in [1.54, 1.807) is 0 Å². The summed E-state index contributed by atoms with van der Waals surface area (Å²) in [6.45, 7) is 4.60. The first-order valence-electron chi connectivity index (χ1n) is 6.32. The molecule has 2 rings (SSSR count). The van der Waals surface area contributed by atoms with Crippen molar-refractivity contribution in [2.75, 3.05) is 13.1 Å².